The van der Waals surface area contributed by atoms with Gasteiger partial charge in [-0.05, 0) is 30.0 Å². The summed E-state index contributed by atoms with van der Waals surface area (Å²) in [4.78, 5) is 4.20. The van der Waals surface area contributed by atoms with Gasteiger partial charge in [-0.3, -0.25) is 0 Å². The molecule has 0 amide bonds. The first-order chi connectivity index (χ1) is 10.4. The smallest absolute Gasteiger partial charge is 0.104 e. The fourth-order valence-electron chi connectivity index (χ4n) is 2.90. The van der Waals surface area contributed by atoms with Crippen molar-refractivity contribution in [3.8, 4) is 9.75 Å². The summed E-state index contributed by atoms with van der Waals surface area (Å²) in [5, 5.41) is 4.96. The average molecular weight is 311 g/mol. The van der Waals surface area contributed by atoms with Crippen molar-refractivity contribution in [3.05, 3.63) is 47.8 Å². The number of rotatable bonds is 4. The van der Waals surface area contributed by atoms with Crippen molar-refractivity contribution in [2.75, 3.05) is 0 Å². The first-order valence-electron chi connectivity index (χ1n) is 7.43. The molecule has 0 saturated carbocycles. The largest absolute Gasteiger partial charge is 0.332 e. The van der Waals surface area contributed by atoms with Crippen LogP contribution < -0.4 is 0 Å². The average Bonchev–Trinajstić information content (AvgIpc) is 3.21. The fraction of sp³-hybridized carbons (Fsp3) is 0.222. The molecule has 0 N–H and O–H groups in total. The zero-order chi connectivity index (χ0) is 14.2. The van der Waals surface area contributed by atoms with Gasteiger partial charge in [0, 0.05) is 32.6 Å². The van der Waals surface area contributed by atoms with Crippen LogP contribution in [0.1, 0.15) is 19.8 Å². The number of benzene rings is 1. The molecule has 0 aliphatic heterocycles. The standard InChI is InChI=1S/C18H17NS2/c1-2-3-10-19-15-8-5-4-7-13(15)14-12-17(21-18(14)19)16-9-6-11-20-16/h4-9,11-12H,2-3,10H2,1H3. The summed E-state index contributed by atoms with van der Waals surface area (Å²) >= 11 is 3.76. The van der Waals surface area contributed by atoms with Crippen LogP contribution in [0.3, 0.4) is 0 Å². The Morgan fingerprint density at radius 3 is 2.71 bits per heavy atom. The van der Waals surface area contributed by atoms with E-state index in [0.29, 0.717) is 0 Å². The van der Waals surface area contributed by atoms with Crippen LogP contribution in [-0.4, -0.2) is 4.57 Å². The van der Waals surface area contributed by atoms with Gasteiger partial charge in [0.15, 0.2) is 0 Å². The Kier molecular flexibility index (Phi) is 3.32. The Hall–Kier alpha value is -1.58. The molecule has 0 unspecified atom stereocenters. The molecule has 0 spiro atoms. The van der Waals surface area contributed by atoms with E-state index in [-0.39, 0.29) is 0 Å². The van der Waals surface area contributed by atoms with Crippen molar-refractivity contribution >= 4 is 43.8 Å². The SMILES string of the molecule is CCCCn1c2ccccc2c2cc(-c3cccs3)sc21. The van der Waals surface area contributed by atoms with Gasteiger partial charge in [0.2, 0.25) is 0 Å². The number of para-hydroxylation sites is 1. The van der Waals surface area contributed by atoms with Gasteiger partial charge >= 0.3 is 0 Å². The van der Waals surface area contributed by atoms with Crippen molar-refractivity contribution in [2.24, 2.45) is 0 Å². The van der Waals surface area contributed by atoms with E-state index in [9.17, 15) is 0 Å². The number of hydrogen-bond donors (Lipinski definition) is 0. The molecule has 0 saturated heterocycles. The number of thiophene rings is 2. The molecular formula is C18H17NS2. The van der Waals surface area contributed by atoms with E-state index in [1.807, 2.05) is 22.7 Å². The Bertz CT molecular complexity index is 881. The molecule has 0 radical (unpaired) electrons. The second-order valence-electron chi connectivity index (χ2n) is 5.33. The molecule has 0 aliphatic carbocycles. The first kappa shape index (κ1) is 13.1. The molecule has 3 heteroatoms. The van der Waals surface area contributed by atoms with Crippen molar-refractivity contribution in [3.63, 3.8) is 0 Å². The third-order valence-electron chi connectivity index (χ3n) is 3.94. The molecule has 1 nitrogen and oxygen atoms in total. The highest BCUT2D eigenvalue weighted by Crippen LogP contribution is 2.40. The lowest BCUT2D eigenvalue weighted by Crippen LogP contribution is -1.95. The Morgan fingerprint density at radius 1 is 1.00 bits per heavy atom. The lowest BCUT2D eigenvalue weighted by molar-refractivity contribution is 0.667. The lowest BCUT2D eigenvalue weighted by Gasteiger charge is -2.05. The van der Waals surface area contributed by atoms with E-state index >= 15 is 0 Å². The van der Waals surface area contributed by atoms with Crippen molar-refractivity contribution in [1.82, 2.24) is 4.57 Å². The van der Waals surface area contributed by atoms with E-state index in [1.165, 1.54) is 43.7 Å². The van der Waals surface area contributed by atoms with Crippen molar-refractivity contribution in [2.45, 2.75) is 26.3 Å². The van der Waals surface area contributed by atoms with Gasteiger partial charge in [0.05, 0.1) is 0 Å². The predicted molar refractivity (Wildman–Crippen MR) is 95.5 cm³/mol. The zero-order valence-electron chi connectivity index (χ0n) is 12.0. The van der Waals surface area contributed by atoms with Crippen LogP contribution in [0.2, 0.25) is 0 Å². The normalized spacial score (nSPS) is 11.7. The molecular weight excluding hydrogens is 294 g/mol. The van der Waals surface area contributed by atoms with Gasteiger partial charge in [-0.1, -0.05) is 37.6 Å². The summed E-state index contributed by atoms with van der Waals surface area (Å²) in [7, 11) is 0. The van der Waals surface area contributed by atoms with Crippen LogP contribution in [0.4, 0.5) is 0 Å². The van der Waals surface area contributed by atoms with E-state index in [2.05, 4.69) is 59.3 Å². The molecule has 0 atom stereocenters. The quantitative estimate of drug-likeness (QED) is 0.412. The topological polar surface area (TPSA) is 4.93 Å². The summed E-state index contributed by atoms with van der Waals surface area (Å²) < 4.78 is 2.51. The molecule has 0 aliphatic rings. The van der Waals surface area contributed by atoms with Gasteiger partial charge in [0.1, 0.15) is 4.83 Å². The molecule has 106 valence electrons. The number of unbranched alkanes of at least 4 members (excludes halogenated alkanes) is 1. The number of nitrogens with zero attached hydrogens (tertiary/aromatic N) is 1. The van der Waals surface area contributed by atoms with E-state index in [0.717, 1.165) is 6.54 Å². The van der Waals surface area contributed by atoms with Crippen LogP contribution in [0, 0.1) is 0 Å². The highest BCUT2D eigenvalue weighted by molar-refractivity contribution is 7.25. The second-order valence-corrected chi connectivity index (χ2v) is 7.31. The van der Waals surface area contributed by atoms with Crippen LogP contribution in [-0.2, 0) is 6.54 Å². The highest BCUT2D eigenvalue weighted by Gasteiger charge is 2.14. The first-order valence-corrected chi connectivity index (χ1v) is 9.12. The number of hydrogen-bond acceptors (Lipinski definition) is 2. The molecule has 21 heavy (non-hydrogen) atoms. The zero-order valence-corrected chi connectivity index (χ0v) is 13.6. The summed E-state index contributed by atoms with van der Waals surface area (Å²) in [6.45, 7) is 3.37. The van der Waals surface area contributed by atoms with E-state index < -0.39 is 0 Å². The molecule has 4 aromatic rings. The summed E-state index contributed by atoms with van der Waals surface area (Å²) in [6.07, 6.45) is 2.47. The minimum atomic E-state index is 1.12. The van der Waals surface area contributed by atoms with Crippen LogP contribution in [0.5, 0.6) is 0 Å². The Balaban J connectivity index is 1.97. The summed E-state index contributed by atoms with van der Waals surface area (Å²) in [6, 6.07) is 15.5. The van der Waals surface area contributed by atoms with Crippen LogP contribution in [0.15, 0.2) is 47.8 Å². The van der Waals surface area contributed by atoms with E-state index in [4.69, 9.17) is 0 Å². The maximum atomic E-state index is 2.51. The Morgan fingerprint density at radius 2 is 1.90 bits per heavy atom. The number of aromatic nitrogens is 1. The summed E-state index contributed by atoms with van der Waals surface area (Å²) in [5.74, 6) is 0. The maximum absolute atomic E-state index is 2.51. The van der Waals surface area contributed by atoms with Gasteiger partial charge in [-0.25, -0.2) is 0 Å². The molecule has 4 rings (SSSR count). The van der Waals surface area contributed by atoms with Gasteiger partial charge in [0.25, 0.3) is 0 Å². The highest BCUT2D eigenvalue weighted by atomic mass is 32.1. The molecule has 0 fully saturated rings. The van der Waals surface area contributed by atoms with Crippen molar-refractivity contribution < 1.29 is 0 Å². The van der Waals surface area contributed by atoms with Crippen molar-refractivity contribution in [1.29, 1.82) is 0 Å². The Labute approximate surface area is 132 Å². The van der Waals surface area contributed by atoms with Gasteiger partial charge < -0.3 is 4.57 Å². The van der Waals surface area contributed by atoms with Gasteiger partial charge in [-0.2, -0.15) is 0 Å². The minimum absolute atomic E-state index is 1.12. The maximum Gasteiger partial charge on any atom is 0.104 e. The molecule has 3 aromatic heterocycles. The third kappa shape index (κ3) is 2.12. The monoisotopic (exact) mass is 311 g/mol. The van der Waals surface area contributed by atoms with E-state index in [1.54, 1.807) is 0 Å². The summed E-state index contributed by atoms with van der Waals surface area (Å²) in [5.41, 5.74) is 1.38. The number of aryl methyl sites for hydroxylation is 1. The third-order valence-corrected chi connectivity index (χ3v) is 6.17. The minimum Gasteiger partial charge on any atom is -0.332 e. The molecule has 3 heterocycles. The van der Waals surface area contributed by atoms with Crippen LogP contribution in [0.25, 0.3) is 30.9 Å². The fourth-order valence-corrected chi connectivity index (χ4v) is 4.94. The lowest BCUT2D eigenvalue weighted by atomic mass is 10.2. The second kappa shape index (κ2) is 5.32. The molecule has 0 bridgehead atoms. The molecule has 1 aromatic carbocycles. The van der Waals surface area contributed by atoms with Gasteiger partial charge in [-0.15, -0.1) is 22.7 Å². The van der Waals surface area contributed by atoms with Crippen LogP contribution >= 0.6 is 22.7 Å². The number of fused-ring (bicyclic) bond motifs is 3. The predicted octanol–water partition coefficient (Wildman–Crippen LogP) is 6.38.